The molecule has 3 heterocycles. The molecule has 0 fully saturated rings. The number of rotatable bonds is 14. The summed E-state index contributed by atoms with van der Waals surface area (Å²) >= 11 is 47.7. The molecule has 8 rings (SSSR count). The first-order valence-corrected chi connectivity index (χ1v) is 23.0. The van der Waals surface area contributed by atoms with Crippen LogP contribution in [0.2, 0.25) is 35.2 Å². The van der Waals surface area contributed by atoms with Crippen LogP contribution in [0.1, 0.15) is 39.7 Å². The van der Waals surface area contributed by atoms with Crippen molar-refractivity contribution < 1.29 is 31.8 Å². The van der Waals surface area contributed by atoms with Gasteiger partial charge in [-0.05, 0) is 95.6 Å². The van der Waals surface area contributed by atoms with E-state index in [1.165, 1.54) is 6.20 Å². The molecule has 0 N–H and O–H groups in total. The fourth-order valence-electron chi connectivity index (χ4n) is 6.40. The summed E-state index contributed by atoms with van der Waals surface area (Å²) in [4.78, 5) is 12.6. The van der Waals surface area contributed by atoms with Crippen molar-refractivity contribution in [2.24, 2.45) is 0 Å². The van der Waals surface area contributed by atoms with Crippen LogP contribution in [0.15, 0.2) is 128 Å². The number of nitrogens with zero attached hydrogens (tertiary/aromatic N) is 6. The summed E-state index contributed by atoms with van der Waals surface area (Å²) in [7, 11) is 1.58. The average Bonchev–Trinajstić information content (AvgIpc) is 4.02. The lowest BCUT2D eigenvalue weighted by Gasteiger charge is -2.12. The molecule has 0 aliphatic heterocycles. The van der Waals surface area contributed by atoms with Gasteiger partial charge in [-0.15, -0.1) is 24.0 Å². The summed E-state index contributed by atoms with van der Waals surface area (Å²) in [6, 6.07) is 23.3. The van der Waals surface area contributed by atoms with Crippen molar-refractivity contribution in [1.29, 1.82) is 0 Å². The zero-order valence-electron chi connectivity index (χ0n) is 35.7. The Balaban J connectivity index is 0.000000198. The van der Waals surface area contributed by atoms with E-state index < -0.39 is 17.6 Å². The quantitative estimate of drug-likeness (QED) is 0.0797. The topological polar surface area (TPSA) is 81.2 Å². The molecule has 3 aromatic heterocycles. The number of aromatic nitrogens is 6. The Labute approximate surface area is 440 Å². The first kappa shape index (κ1) is 55.4. The molecule has 22 heteroatoms. The summed E-state index contributed by atoms with van der Waals surface area (Å²) < 4.78 is 73.7. The highest BCUT2D eigenvalue weighted by Crippen LogP contribution is 2.33. The maximum absolute atomic E-state index is 13.4. The van der Waals surface area contributed by atoms with Crippen molar-refractivity contribution >= 4 is 105 Å². The van der Waals surface area contributed by atoms with Crippen LogP contribution in [0.3, 0.4) is 0 Å². The first-order valence-electron chi connectivity index (χ1n) is 19.8. The van der Waals surface area contributed by atoms with Crippen molar-refractivity contribution in [3.05, 3.63) is 209 Å². The fourth-order valence-corrected chi connectivity index (χ4v) is 8.56. The standard InChI is InChI=1S/C18H15Cl3N2O2.C18H12Cl2F4N2O.C11H9Cl3N2.ClH/c1-24-16-7-15(21)8-17(9-16)25-11-18-22-2-3-23(18)10-12-4-13(19)6-14(20)5-12;19-13-3-11(4-14(20)7-13)9-26-2-1-25-17(26)10-27-16-6-12(18(22,23)24)5-15(21)8-16;12-6-11-15-1-2-16(11)7-8-3-9(13)5-10(14)4-8;/h2-9H,10-11H2,1H3;1-8H,9-10H2;1-5H,6-7H2;1H. The minimum atomic E-state index is -4.66. The van der Waals surface area contributed by atoms with Gasteiger partial charge >= 0.3 is 6.18 Å². The number of hydrogen-bond donors (Lipinski definition) is 0. The Morgan fingerprint density at radius 2 is 0.841 bits per heavy atom. The molecular weight excluding hydrogens is 1090 g/mol. The van der Waals surface area contributed by atoms with Crippen molar-refractivity contribution in [3.63, 3.8) is 0 Å². The van der Waals surface area contributed by atoms with Crippen LogP contribution in [0.4, 0.5) is 17.6 Å². The Bertz CT molecular complexity index is 2890. The van der Waals surface area contributed by atoms with Gasteiger partial charge in [0.25, 0.3) is 0 Å². The predicted octanol–water partition coefficient (Wildman–Crippen LogP) is 15.9. The molecule has 0 aliphatic carbocycles. The minimum Gasteiger partial charge on any atom is -0.497 e. The van der Waals surface area contributed by atoms with Crippen LogP contribution in [-0.4, -0.2) is 35.8 Å². The van der Waals surface area contributed by atoms with Crippen LogP contribution in [0, 0.1) is 5.82 Å². The Morgan fingerprint density at radius 1 is 0.478 bits per heavy atom. The van der Waals surface area contributed by atoms with E-state index in [9.17, 15) is 17.6 Å². The highest BCUT2D eigenvalue weighted by Gasteiger charge is 2.31. The minimum absolute atomic E-state index is 0. The highest BCUT2D eigenvalue weighted by atomic mass is 35.5. The second kappa shape index (κ2) is 26.1. The van der Waals surface area contributed by atoms with Crippen molar-refractivity contribution in [2.75, 3.05) is 7.11 Å². The lowest BCUT2D eigenvalue weighted by Crippen LogP contribution is -2.09. The van der Waals surface area contributed by atoms with Gasteiger partial charge in [-0.3, -0.25) is 0 Å². The van der Waals surface area contributed by atoms with Gasteiger partial charge in [-0.25, -0.2) is 19.3 Å². The normalized spacial score (nSPS) is 10.9. The van der Waals surface area contributed by atoms with Crippen LogP contribution >= 0.6 is 105 Å². The molecule has 69 heavy (non-hydrogen) atoms. The third kappa shape index (κ3) is 17.4. The van der Waals surface area contributed by atoms with Gasteiger partial charge in [-0.1, -0.05) is 81.2 Å². The Kier molecular flexibility index (Phi) is 20.9. The molecule has 0 radical (unpaired) electrons. The van der Waals surface area contributed by atoms with Crippen molar-refractivity contribution in [1.82, 2.24) is 28.7 Å². The number of imidazole rings is 3. The third-order valence-corrected chi connectivity index (χ3v) is 11.1. The van der Waals surface area contributed by atoms with Gasteiger partial charge in [0, 0.05) is 104 Å². The van der Waals surface area contributed by atoms with Crippen molar-refractivity contribution in [3.8, 4) is 17.2 Å². The summed E-state index contributed by atoms with van der Waals surface area (Å²) in [6.45, 7) is 1.81. The van der Waals surface area contributed by atoms with E-state index in [1.54, 1.807) is 78.8 Å². The molecule has 0 saturated heterocycles. The first-order chi connectivity index (χ1) is 32.4. The van der Waals surface area contributed by atoms with Gasteiger partial charge in [0.2, 0.25) is 0 Å². The maximum atomic E-state index is 13.4. The fraction of sp³-hybridized carbons (Fsp3) is 0.170. The van der Waals surface area contributed by atoms with Gasteiger partial charge in [-0.2, -0.15) is 13.2 Å². The molecule has 0 bridgehead atoms. The second-order valence-electron chi connectivity index (χ2n) is 14.5. The van der Waals surface area contributed by atoms with E-state index in [-0.39, 0.29) is 24.8 Å². The molecule has 0 aliphatic rings. The Hall–Kier alpha value is -4.54. The zero-order chi connectivity index (χ0) is 49.0. The monoisotopic (exact) mass is 1120 g/mol. The number of alkyl halides is 4. The van der Waals surface area contributed by atoms with Gasteiger partial charge in [0.05, 0.1) is 18.6 Å². The number of ether oxygens (including phenoxy) is 3. The predicted molar refractivity (Wildman–Crippen MR) is 268 cm³/mol. The maximum Gasteiger partial charge on any atom is 0.416 e. The zero-order valence-corrected chi connectivity index (χ0v) is 42.6. The third-order valence-electron chi connectivity index (χ3n) is 9.37. The lowest BCUT2D eigenvalue weighted by atomic mass is 10.2. The molecule has 364 valence electrons. The number of benzene rings is 5. The molecule has 0 atom stereocenters. The largest absolute Gasteiger partial charge is 0.497 e. The molecule has 0 saturated carbocycles. The van der Waals surface area contributed by atoms with E-state index in [1.807, 2.05) is 45.8 Å². The molecule has 9 nitrogen and oxygen atoms in total. The molecular formula is C47H37Cl9F4N6O3. The second-order valence-corrected chi connectivity index (χ2v) is 17.8. The van der Waals surface area contributed by atoms with Crippen LogP contribution in [-0.2, 0) is 44.9 Å². The van der Waals surface area contributed by atoms with Gasteiger partial charge < -0.3 is 27.9 Å². The van der Waals surface area contributed by atoms with Crippen LogP contribution in [0.25, 0.3) is 0 Å². The van der Waals surface area contributed by atoms with E-state index >= 15 is 0 Å². The van der Waals surface area contributed by atoms with E-state index in [0.717, 1.165) is 40.5 Å². The molecule has 0 spiro atoms. The SMILES string of the molecule is COc1cc(Cl)cc(OCc2nccn2Cc2cc(Cl)cc(Cl)c2)c1.Cl.ClCc1nccn1Cc1cc(Cl)cc(Cl)c1.Fc1cc(OCc2nccn2Cc2cc(Cl)cc(Cl)c2)cc(C(F)(F)F)c1. The lowest BCUT2D eigenvalue weighted by molar-refractivity contribution is -0.137. The van der Waals surface area contributed by atoms with Crippen LogP contribution < -0.4 is 14.2 Å². The summed E-state index contributed by atoms with van der Waals surface area (Å²) in [6.07, 6.45) is 5.76. The number of halogens is 13. The van der Waals surface area contributed by atoms with Crippen molar-refractivity contribution in [2.45, 2.75) is 44.9 Å². The van der Waals surface area contributed by atoms with E-state index in [0.29, 0.717) is 90.7 Å². The molecule has 0 amide bonds. The summed E-state index contributed by atoms with van der Waals surface area (Å²) in [5.41, 5.74) is 1.72. The molecule has 8 aromatic rings. The number of methoxy groups -OCH3 is 1. The average molecular weight is 1130 g/mol. The Morgan fingerprint density at radius 3 is 1.23 bits per heavy atom. The molecule has 5 aromatic carbocycles. The summed E-state index contributed by atoms with van der Waals surface area (Å²) in [5.74, 6) is 2.43. The van der Waals surface area contributed by atoms with E-state index in [4.69, 9.17) is 107 Å². The van der Waals surface area contributed by atoms with E-state index in [2.05, 4.69) is 15.0 Å². The van der Waals surface area contributed by atoms with Crippen LogP contribution in [0.5, 0.6) is 17.2 Å². The number of hydrogen-bond acceptors (Lipinski definition) is 6. The smallest absolute Gasteiger partial charge is 0.416 e. The van der Waals surface area contributed by atoms with Gasteiger partial charge in [0.1, 0.15) is 53.8 Å². The molecule has 0 unspecified atom stereocenters. The highest BCUT2D eigenvalue weighted by molar-refractivity contribution is 6.35. The van der Waals surface area contributed by atoms with Gasteiger partial charge in [0.15, 0.2) is 0 Å². The summed E-state index contributed by atoms with van der Waals surface area (Å²) in [5, 5.41) is 3.99.